The monoisotopic (exact) mass is 385 g/mol. The highest BCUT2D eigenvalue weighted by atomic mass is 35.5. The van der Waals surface area contributed by atoms with Gasteiger partial charge in [-0.3, -0.25) is 4.79 Å². The van der Waals surface area contributed by atoms with E-state index in [0.29, 0.717) is 13.1 Å². The minimum Gasteiger partial charge on any atom is -0.351 e. The Bertz CT molecular complexity index is 657. The molecule has 0 aliphatic carbocycles. The summed E-state index contributed by atoms with van der Waals surface area (Å²) >= 11 is 0. The van der Waals surface area contributed by atoms with Gasteiger partial charge >= 0.3 is 0 Å². The maximum absolute atomic E-state index is 12.5. The van der Waals surface area contributed by atoms with Crippen LogP contribution in [0, 0.1) is 5.41 Å². The van der Waals surface area contributed by atoms with Crippen LogP contribution < -0.4 is 10.6 Å². The van der Waals surface area contributed by atoms with E-state index in [9.17, 15) is 4.79 Å². The summed E-state index contributed by atoms with van der Waals surface area (Å²) in [5.41, 5.74) is 1.95. The van der Waals surface area contributed by atoms with Crippen LogP contribution >= 0.6 is 24.8 Å². The van der Waals surface area contributed by atoms with Crippen LogP contribution in [0.3, 0.4) is 0 Å². The molecule has 0 bridgehead atoms. The second-order valence-corrected chi connectivity index (χ2v) is 6.39. The molecule has 2 N–H and O–H groups in total. The van der Waals surface area contributed by atoms with E-state index in [0.717, 1.165) is 37.1 Å². The van der Waals surface area contributed by atoms with Gasteiger partial charge in [0.1, 0.15) is 12.7 Å². The van der Waals surface area contributed by atoms with Gasteiger partial charge in [-0.2, -0.15) is 5.10 Å². The van der Waals surface area contributed by atoms with Crippen molar-refractivity contribution in [2.24, 2.45) is 5.41 Å². The Balaban J connectivity index is 0.00000156. The van der Waals surface area contributed by atoms with Gasteiger partial charge in [0.25, 0.3) is 0 Å². The molecule has 1 aromatic heterocycles. The zero-order valence-electron chi connectivity index (χ0n) is 14.3. The summed E-state index contributed by atoms with van der Waals surface area (Å²) in [5, 5.41) is 10.6. The zero-order chi connectivity index (χ0) is 16.1. The first kappa shape index (κ1) is 21.4. The van der Waals surface area contributed by atoms with Crippen LogP contribution in [0.2, 0.25) is 0 Å². The second-order valence-electron chi connectivity index (χ2n) is 6.39. The number of rotatable bonds is 5. The van der Waals surface area contributed by atoms with Gasteiger partial charge < -0.3 is 10.6 Å². The minimum absolute atomic E-state index is 0. The van der Waals surface area contributed by atoms with Crippen molar-refractivity contribution in [2.45, 2.75) is 32.9 Å². The molecule has 1 amide bonds. The normalized spacial score (nSPS) is 19.4. The first-order valence-electron chi connectivity index (χ1n) is 8.06. The van der Waals surface area contributed by atoms with E-state index in [1.54, 1.807) is 11.0 Å². The molecule has 2 aromatic rings. The van der Waals surface area contributed by atoms with Gasteiger partial charge in [-0.15, -0.1) is 24.8 Å². The number of nitrogens with zero attached hydrogens (tertiary/aromatic N) is 3. The summed E-state index contributed by atoms with van der Waals surface area (Å²) in [7, 11) is 0. The number of hydrogen-bond donors (Lipinski definition) is 2. The first-order chi connectivity index (χ1) is 11.2. The molecule has 0 saturated carbocycles. The Morgan fingerprint density at radius 3 is 2.72 bits per heavy atom. The SMILES string of the molecule is CC1(C(=O)NCc2ccccc2Cn2cncn2)CCCNC1.Cl.Cl. The van der Waals surface area contributed by atoms with Crippen LogP contribution in [-0.4, -0.2) is 33.8 Å². The minimum atomic E-state index is -0.306. The molecule has 1 saturated heterocycles. The smallest absolute Gasteiger partial charge is 0.227 e. The second kappa shape index (κ2) is 9.75. The third kappa shape index (κ3) is 5.42. The van der Waals surface area contributed by atoms with Gasteiger partial charge in [-0.1, -0.05) is 24.3 Å². The molecule has 2 heterocycles. The number of nitrogens with one attached hydrogen (secondary N) is 2. The van der Waals surface area contributed by atoms with Crippen molar-refractivity contribution in [1.29, 1.82) is 0 Å². The van der Waals surface area contributed by atoms with E-state index in [1.165, 1.54) is 6.33 Å². The van der Waals surface area contributed by atoms with Crippen molar-refractivity contribution in [1.82, 2.24) is 25.4 Å². The summed E-state index contributed by atoms with van der Waals surface area (Å²) in [5.74, 6) is 0.125. The van der Waals surface area contributed by atoms with Crippen molar-refractivity contribution in [3.05, 3.63) is 48.0 Å². The van der Waals surface area contributed by atoms with Gasteiger partial charge in [-0.25, -0.2) is 9.67 Å². The third-order valence-electron chi connectivity index (χ3n) is 4.50. The maximum Gasteiger partial charge on any atom is 0.227 e. The van der Waals surface area contributed by atoms with Crippen LogP contribution in [0.5, 0.6) is 0 Å². The van der Waals surface area contributed by atoms with E-state index in [1.807, 2.05) is 25.1 Å². The molecule has 1 aromatic carbocycles. The lowest BCUT2D eigenvalue weighted by Gasteiger charge is -2.32. The maximum atomic E-state index is 12.5. The zero-order valence-corrected chi connectivity index (χ0v) is 15.9. The van der Waals surface area contributed by atoms with Gasteiger partial charge in [0.15, 0.2) is 0 Å². The lowest BCUT2D eigenvalue weighted by molar-refractivity contribution is -0.131. The Morgan fingerprint density at radius 1 is 1.32 bits per heavy atom. The van der Waals surface area contributed by atoms with E-state index in [4.69, 9.17) is 0 Å². The van der Waals surface area contributed by atoms with E-state index >= 15 is 0 Å². The molecular weight excluding hydrogens is 361 g/mol. The third-order valence-corrected chi connectivity index (χ3v) is 4.50. The summed E-state index contributed by atoms with van der Waals surface area (Å²) in [6.45, 7) is 4.99. The summed E-state index contributed by atoms with van der Waals surface area (Å²) in [6.07, 6.45) is 5.21. The van der Waals surface area contributed by atoms with Gasteiger partial charge in [0, 0.05) is 13.1 Å². The number of hydrogen-bond acceptors (Lipinski definition) is 4. The molecule has 0 spiro atoms. The van der Waals surface area contributed by atoms with Crippen LogP contribution in [-0.2, 0) is 17.9 Å². The van der Waals surface area contributed by atoms with E-state index in [2.05, 4.69) is 26.8 Å². The van der Waals surface area contributed by atoms with Gasteiger partial charge in [0.2, 0.25) is 5.91 Å². The van der Waals surface area contributed by atoms with Crippen molar-refractivity contribution >= 4 is 30.7 Å². The molecule has 6 nitrogen and oxygen atoms in total. The predicted molar refractivity (Wildman–Crippen MR) is 102 cm³/mol. The largest absolute Gasteiger partial charge is 0.351 e. The molecule has 1 atom stereocenters. The van der Waals surface area contributed by atoms with Crippen molar-refractivity contribution in [2.75, 3.05) is 13.1 Å². The predicted octanol–water partition coefficient (Wildman–Crippen LogP) is 2.18. The lowest BCUT2D eigenvalue weighted by atomic mass is 9.82. The molecular formula is C17H25Cl2N5O. The quantitative estimate of drug-likeness (QED) is 0.826. The Kier molecular flexibility index (Phi) is 8.35. The molecule has 1 fully saturated rings. The van der Waals surface area contributed by atoms with Crippen molar-refractivity contribution < 1.29 is 4.79 Å². The highest BCUT2D eigenvalue weighted by molar-refractivity contribution is 5.85. The average Bonchev–Trinajstić information content (AvgIpc) is 3.07. The fourth-order valence-electron chi connectivity index (χ4n) is 3.01. The molecule has 0 radical (unpaired) electrons. The van der Waals surface area contributed by atoms with E-state index in [-0.39, 0.29) is 36.1 Å². The number of carbonyl (C=O) groups is 1. The first-order valence-corrected chi connectivity index (χ1v) is 8.06. The average molecular weight is 386 g/mol. The van der Waals surface area contributed by atoms with Crippen LogP contribution in [0.1, 0.15) is 30.9 Å². The summed E-state index contributed by atoms with van der Waals surface area (Å²) in [6, 6.07) is 8.11. The fraction of sp³-hybridized carbons (Fsp3) is 0.471. The Labute approximate surface area is 160 Å². The standard InChI is InChI=1S/C17H23N5O.2ClH/c1-17(7-4-8-18-11-17)16(23)20-9-14-5-2-3-6-15(14)10-22-13-19-12-21-22;;/h2-3,5-6,12-13,18H,4,7-11H2,1H3,(H,20,23);2*1H. The van der Waals surface area contributed by atoms with Crippen LogP contribution in [0.15, 0.2) is 36.9 Å². The highest BCUT2D eigenvalue weighted by Crippen LogP contribution is 2.25. The number of amides is 1. The topological polar surface area (TPSA) is 71.8 Å². The highest BCUT2D eigenvalue weighted by Gasteiger charge is 2.34. The fourth-order valence-corrected chi connectivity index (χ4v) is 3.01. The lowest BCUT2D eigenvalue weighted by Crippen LogP contribution is -2.48. The molecule has 1 unspecified atom stereocenters. The number of aromatic nitrogens is 3. The number of piperidine rings is 1. The number of halogens is 2. The van der Waals surface area contributed by atoms with Gasteiger partial charge in [0.05, 0.1) is 12.0 Å². The molecule has 25 heavy (non-hydrogen) atoms. The summed E-state index contributed by atoms with van der Waals surface area (Å²) in [4.78, 5) is 16.5. The summed E-state index contributed by atoms with van der Waals surface area (Å²) < 4.78 is 1.78. The van der Waals surface area contributed by atoms with Crippen molar-refractivity contribution in [3.63, 3.8) is 0 Å². The van der Waals surface area contributed by atoms with Gasteiger partial charge in [-0.05, 0) is 37.4 Å². The Hall–Kier alpha value is -1.63. The molecule has 1 aliphatic rings. The molecule has 8 heteroatoms. The Morgan fingerprint density at radius 2 is 2.08 bits per heavy atom. The molecule has 1 aliphatic heterocycles. The molecule has 3 rings (SSSR count). The van der Waals surface area contributed by atoms with Crippen LogP contribution in [0.4, 0.5) is 0 Å². The molecule has 138 valence electrons. The number of carbonyl (C=O) groups excluding carboxylic acids is 1. The van der Waals surface area contributed by atoms with Crippen LogP contribution in [0.25, 0.3) is 0 Å². The van der Waals surface area contributed by atoms with Crippen molar-refractivity contribution in [3.8, 4) is 0 Å². The van der Waals surface area contributed by atoms with E-state index < -0.39 is 0 Å². The number of benzene rings is 1.